The summed E-state index contributed by atoms with van der Waals surface area (Å²) in [4.78, 5) is 47.1. The highest BCUT2D eigenvalue weighted by atomic mass is 32.2. The molecule has 0 amide bonds. The van der Waals surface area contributed by atoms with Crippen molar-refractivity contribution >= 4 is 67.8 Å². The molecule has 4 aromatic rings. The number of Topliss-reactive ketones (excluding diaryl/α,β-unsaturated/α-hetero) is 2. The van der Waals surface area contributed by atoms with E-state index in [2.05, 4.69) is 9.97 Å². The number of aliphatic hydroxyl groups is 1. The average molecular weight is 949 g/mol. The van der Waals surface area contributed by atoms with Gasteiger partial charge < -0.3 is 14.2 Å². The Bertz CT molecular complexity index is 2380. The van der Waals surface area contributed by atoms with E-state index in [4.69, 9.17) is 9.05 Å². The molecule has 0 aliphatic heterocycles. The first kappa shape index (κ1) is 49.7. The van der Waals surface area contributed by atoms with Gasteiger partial charge in [-0.3, -0.25) is 18.9 Å². The van der Waals surface area contributed by atoms with Gasteiger partial charge in [0.1, 0.15) is 21.6 Å². The molecule has 2 aromatic heterocycles. The van der Waals surface area contributed by atoms with Gasteiger partial charge in [-0.25, -0.2) is 26.8 Å². The third-order valence-electron chi connectivity index (χ3n) is 11.4. The van der Waals surface area contributed by atoms with E-state index in [-0.39, 0.29) is 59.2 Å². The summed E-state index contributed by atoms with van der Waals surface area (Å²) in [5.41, 5.74) is 1.65. The van der Waals surface area contributed by atoms with Crippen molar-refractivity contribution in [1.82, 2.24) is 9.97 Å². The fourth-order valence-electron chi connectivity index (χ4n) is 8.19. The van der Waals surface area contributed by atoms with Crippen molar-refractivity contribution in [2.45, 2.75) is 118 Å². The van der Waals surface area contributed by atoms with Gasteiger partial charge in [-0.05, 0) is 73.9 Å². The predicted molar refractivity (Wildman–Crippen MR) is 241 cm³/mol. The number of ketones is 2. The fraction of sp³-hybridized carbons (Fsp3) is 0.523. The first-order chi connectivity index (χ1) is 29.4. The molecule has 2 aliphatic carbocycles. The van der Waals surface area contributed by atoms with E-state index in [9.17, 15) is 40.9 Å². The first-order valence-corrected chi connectivity index (χ1v) is 28.0. The van der Waals surface area contributed by atoms with Crippen molar-refractivity contribution < 1.29 is 49.9 Å². The lowest BCUT2D eigenvalue weighted by molar-refractivity contribution is -0.121. The summed E-state index contributed by atoms with van der Waals surface area (Å²) in [6.45, 7) is 3.59. The number of nitrogens with zero attached hydrogens (tertiary/aromatic N) is 2. The van der Waals surface area contributed by atoms with Crippen LogP contribution in [0.2, 0.25) is 0 Å². The van der Waals surface area contributed by atoms with Gasteiger partial charge in [-0.2, -0.15) is 0 Å². The van der Waals surface area contributed by atoms with Gasteiger partial charge >= 0.3 is 7.60 Å². The lowest BCUT2D eigenvalue weighted by atomic mass is 9.84. The number of carbonyl (C=O) groups excluding carboxylic acids is 3. The molecule has 338 valence electrons. The third kappa shape index (κ3) is 13.9. The molecule has 1 unspecified atom stereocenters. The van der Waals surface area contributed by atoms with Crippen molar-refractivity contribution in [2.75, 3.05) is 25.7 Å². The number of aldehydes is 1. The smallest absolute Gasteiger partial charge is 0.364 e. The van der Waals surface area contributed by atoms with Crippen molar-refractivity contribution in [3.63, 3.8) is 0 Å². The van der Waals surface area contributed by atoms with Crippen molar-refractivity contribution in [1.29, 1.82) is 0 Å². The predicted octanol–water partition coefficient (Wildman–Crippen LogP) is 9.11. The molecule has 0 spiro atoms. The molecule has 2 heterocycles. The minimum Gasteiger partial charge on any atom is -0.375 e. The second-order valence-electron chi connectivity index (χ2n) is 16.0. The molecule has 0 bridgehead atoms. The Morgan fingerprint density at radius 3 is 1.50 bits per heavy atom. The van der Waals surface area contributed by atoms with E-state index in [0.29, 0.717) is 38.0 Å². The summed E-state index contributed by atoms with van der Waals surface area (Å²) >= 11 is 2.36. The Morgan fingerprint density at radius 2 is 1.13 bits per heavy atom. The molecule has 0 saturated heterocycles. The van der Waals surface area contributed by atoms with Crippen molar-refractivity contribution in [3.05, 3.63) is 91.8 Å². The van der Waals surface area contributed by atoms with Gasteiger partial charge in [-0.15, -0.1) is 22.7 Å². The number of sulfone groups is 2. The molecule has 1 N–H and O–H groups in total. The van der Waals surface area contributed by atoms with E-state index in [1.54, 1.807) is 62.4 Å². The Kier molecular flexibility index (Phi) is 18.1. The highest BCUT2D eigenvalue weighted by Gasteiger charge is 2.37. The standard InChI is InChI=1S/C24H34NO7PS2.C20H23NO4S2/c1-4-31-33(28,32-5-2)24(27)22-16-25-23(34-22)15-21(26)20(14-17-8-6-7-9-17)18-10-12-19(13-11-18)35(3,29)30;1-27(24,25)17-8-6-15(7-9-17)18(10-14-4-2-3-5-14)19(23)11-20-21-12-16(13-22)26-20/h10-13,16-17,20,24,27H,4-9,14-15H2,1-3H3;6-9,12-14,18H,2-5,10-11H2,1H3/t20-,24?;18-/m11/s1. The van der Waals surface area contributed by atoms with Crippen LogP contribution in [0, 0.1) is 11.8 Å². The maximum atomic E-state index is 13.4. The maximum absolute atomic E-state index is 13.4. The van der Waals surface area contributed by atoms with Gasteiger partial charge in [0.2, 0.25) is 0 Å². The summed E-state index contributed by atoms with van der Waals surface area (Å²) in [5, 5.41) is 11.8. The second-order valence-corrected chi connectivity index (χ2v) is 24.4. The van der Waals surface area contributed by atoms with Gasteiger partial charge in [0.15, 0.2) is 31.8 Å². The average Bonchev–Trinajstić information content (AvgIpc) is 4.08. The lowest BCUT2D eigenvalue weighted by Crippen LogP contribution is -2.18. The Hall–Kier alpha value is -3.28. The van der Waals surface area contributed by atoms with E-state index >= 15 is 0 Å². The molecule has 2 aromatic carbocycles. The number of aliphatic hydroxyl groups excluding tert-OH is 1. The van der Waals surface area contributed by atoms with Crippen LogP contribution in [0.3, 0.4) is 0 Å². The van der Waals surface area contributed by atoms with Crippen LogP contribution in [0.25, 0.3) is 0 Å². The quantitative estimate of drug-likeness (QED) is 0.0613. The zero-order valence-corrected chi connectivity index (χ0v) is 39.8. The molecule has 3 atom stereocenters. The number of hydrogen-bond acceptors (Lipinski definition) is 15. The molecule has 62 heavy (non-hydrogen) atoms. The van der Waals surface area contributed by atoms with Crippen molar-refractivity contribution in [2.24, 2.45) is 11.8 Å². The summed E-state index contributed by atoms with van der Waals surface area (Å²) in [5.74, 6) is -1.09. The highest BCUT2D eigenvalue weighted by Crippen LogP contribution is 2.60. The third-order valence-corrected chi connectivity index (χ3v) is 17.9. The van der Waals surface area contributed by atoms with Crippen LogP contribution in [0.4, 0.5) is 0 Å². The van der Waals surface area contributed by atoms with Crippen LogP contribution in [0.15, 0.2) is 70.7 Å². The van der Waals surface area contributed by atoms with E-state index in [1.807, 2.05) is 0 Å². The number of hydrogen-bond donors (Lipinski definition) is 1. The largest absolute Gasteiger partial charge is 0.375 e. The topological polar surface area (TPSA) is 201 Å². The lowest BCUT2D eigenvalue weighted by Gasteiger charge is -2.21. The minimum atomic E-state index is -3.77. The van der Waals surface area contributed by atoms with Crippen LogP contribution in [0.5, 0.6) is 0 Å². The maximum Gasteiger partial charge on any atom is 0.364 e. The molecule has 13 nitrogen and oxygen atoms in total. The number of aromatic nitrogens is 2. The van der Waals surface area contributed by atoms with Crippen LogP contribution in [0.1, 0.15) is 131 Å². The first-order valence-electron chi connectivity index (χ1n) is 21.0. The Morgan fingerprint density at radius 1 is 0.726 bits per heavy atom. The number of benzene rings is 2. The molecule has 2 aliphatic rings. The minimum absolute atomic E-state index is 0.0165. The molecule has 2 saturated carbocycles. The molecular weight excluding hydrogens is 892 g/mol. The number of thiazole rings is 2. The molecule has 2 fully saturated rings. The van der Waals surface area contributed by atoms with Crippen LogP contribution < -0.4 is 0 Å². The molecular formula is C44H57N2O11PS4. The zero-order valence-electron chi connectivity index (χ0n) is 35.6. The number of carbonyl (C=O) groups is 3. The van der Waals surface area contributed by atoms with Crippen LogP contribution >= 0.6 is 30.3 Å². The van der Waals surface area contributed by atoms with E-state index in [1.165, 1.54) is 42.8 Å². The second kappa shape index (κ2) is 22.6. The van der Waals surface area contributed by atoms with Gasteiger partial charge in [0.25, 0.3) is 0 Å². The highest BCUT2D eigenvalue weighted by molar-refractivity contribution is 7.91. The zero-order chi connectivity index (χ0) is 45.1. The molecule has 0 radical (unpaired) electrons. The van der Waals surface area contributed by atoms with Crippen molar-refractivity contribution in [3.8, 4) is 0 Å². The number of rotatable bonds is 21. The fourth-order valence-corrected chi connectivity index (χ4v) is 13.0. The van der Waals surface area contributed by atoms with Gasteiger partial charge in [0.05, 0.1) is 45.6 Å². The summed E-state index contributed by atoms with van der Waals surface area (Å²) in [6, 6.07) is 13.2. The van der Waals surface area contributed by atoms with Crippen LogP contribution in [-0.2, 0) is 55.7 Å². The van der Waals surface area contributed by atoms with Gasteiger partial charge in [-0.1, -0.05) is 75.6 Å². The molecule has 18 heteroatoms. The Balaban J connectivity index is 0.000000242. The monoisotopic (exact) mass is 948 g/mol. The van der Waals surface area contributed by atoms with E-state index in [0.717, 1.165) is 80.0 Å². The summed E-state index contributed by atoms with van der Waals surface area (Å²) in [7, 11) is -10.4. The Labute approximate surface area is 373 Å². The molecule has 6 rings (SSSR count). The summed E-state index contributed by atoms with van der Waals surface area (Å²) < 4.78 is 70.5. The normalized spacial score (nSPS) is 16.7. The SMILES string of the molecule is CCOP(=O)(OCC)C(O)c1cnc(CC(=O)[C@H](CC2CCCC2)c2ccc(S(C)(=O)=O)cc2)s1.CS(=O)(=O)c1ccc([C@@H](CC2CCCC2)C(=O)Cc2ncc(C=O)s2)cc1. The van der Waals surface area contributed by atoms with Gasteiger partial charge in [0, 0.05) is 36.7 Å². The van der Waals surface area contributed by atoms with Crippen LogP contribution in [-0.4, -0.2) is 75.5 Å². The van der Waals surface area contributed by atoms with E-state index < -0.39 is 33.1 Å². The summed E-state index contributed by atoms with van der Waals surface area (Å²) in [6.07, 6.45) is 16.9.